The maximum absolute atomic E-state index is 6.11. The topological polar surface area (TPSA) is 40.2 Å². The predicted molar refractivity (Wildman–Crippen MR) is 142 cm³/mol. The fraction of sp³-hybridized carbons (Fsp3) is 0.333. The van der Waals surface area contributed by atoms with Crippen LogP contribution in [0.25, 0.3) is 0 Å². The maximum Gasteiger partial charge on any atom is 0.170 e. The molecule has 0 atom stereocenters. The van der Waals surface area contributed by atoms with Crippen LogP contribution in [0.2, 0.25) is 5.02 Å². The highest BCUT2D eigenvalue weighted by atomic mass is 35.5. The molecule has 1 saturated carbocycles. The van der Waals surface area contributed by atoms with Crippen molar-refractivity contribution >= 4 is 46.1 Å². The number of fused-ring (bicyclic) bond motifs is 1. The maximum atomic E-state index is 6.11. The van der Waals surface area contributed by atoms with Crippen LogP contribution in [0.5, 0.6) is 0 Å². The summed E-state index contributed by atoms with van der Waals surface area (Å²) in [5.74, 6) is 0.972. The quantitative estimate of drug-likeness (QED) is 0.405. The van der Waals surface area contributed by atoms with Crippen molar-refractivity contribution in [2.75, 3.05) is 23.3 Å². The van der Waals surface area contributed by atoms with Gasteiger partial charge < -0.3 is 15.5 Å². The summed E-state index contributed by atoms with van der Waals surface area (Å²) in [5, 5.41) is 8.19. The first-order valence-electron chi connectivity index (χ1n) is 11.8. The SMILES string of the molecule is S=C(NCC1(c2ccc(Cl)cc2)CCCC1)Nc1ccc(N2CCCc3ccccc32)nc1. The van der Waals surface area contributed by atoms with E-state index in [1.54, 1.807) is 0 Å². The van der Waals surface area contributed by atoms with Crippen molar-refractivity contribution in [2.24, 2.45) is 0 Å². The minimum Gasteiger partial charge on any atom is -0.362 e. The van der Waals surface area contributed by atoms with Gasteiger partial charge in [-0.05, 0) is 79.4 Å². The Morgan fingerprint density at radius 3 is 2.55 bits per heavy atom. The van der Waals surface area contributed by atoms with E-state index in [9.17, 15) is 0 Å². The van der Waals surface area contributed by atoms with Gasteiger partial charge in [-0.1, -0.05) is 54.8 Å². The molecule has 0 unspecified atom stereocenters. The molecule has 6 heteroatoms. The smallest absolute Gasteiger partial charge is 0.170 e. The van der Waals surface area contributed by atoms with E-state index >= 15 is 0 Å². The summed E-state index contributed by atoms with van der Waals surface area (Å²) in [5.41, 5.74) is 5.00. The predicted octanol–water partition coefficient (Wildman–Crippen LogP) is 6.62. The standard InChI is InChI=1S/C27H29ClN4S/c28-22-11-9-21(10-12-22)27(15-3-4-16-27)19-30-26(33)31-23-13-14-25(29-18-23)32-17-5-7-20-6-1-2-8-24(20)32/h1-2,6,8-14,18H,3-5,7,15-17,19H2,(H2,30,31,33). The van der Waals surface area contributed by atoms with Gasteiger partial charge in [-0.15, -0.1) is 0 Å². The van der Waals surface area contributed by atoms with E-state index in [4.69, 9.17) is 28.8 Å². The Morgan fingerprint density at radius 1 is 1.00 bits per heavy atom. The Morgan fingerprint density at radius 2 is 1.79 bits per heavy atom. The number of hydrogen-bond donors (Lipinski definition) is 2. The Balaban J connectivity index is 1.22. The summed E-state index contributed by atoms with van der Waals surface area (Å²) in [6, 6.07) is 21.0. The number of hydrogen-bond acceptors (Lipinski definition) is 3. The van der Waals surface area contributed by atoms with Crippen LogP contribution in [0.3, 0.4) is 0 Å². The Kier molecular flexibility index (Phi) is 6.52. The summed E-state index contributed by atoms with van der Waals surface area (Å²) in [6.45, 7) is 1.81. The van der Waals surface area contributed by atoms with E-state index in [-0.39, 0.29) is 5.41 Å². The fourth-order valence-corrected chi connectivity index (χ4v) is 5.55. The molecule has 2 N–H and O–H groups in total. The van der Waals surface area contributed by atoms with Crippen LogP contribution in [0.1, 0.15) is 43.2 Å². The Hall–Kier alpha value is -2.63. The van der Waals surface area contributed by atoms with Gasteiger partial charge in [-0.2, -0.15) is 0 Å². The lowest BCUT2D eigenvalue weighted by atomic mass is 9.79. The lowest BCUT2D eigenvalue weighted by Crippen LogP contribution is -2.40. The van der Waals surface area contributed by atoms with Gasteiger partial charge in [-0.3, -0.25) is 0 Å². The second kappa shape index (κ2) is 9.70. The fourth-order valence-electron chi connectivity index (χ4n) is 5.24. The Labute approximate surface area is 206 Å². The third-order valence-electron chi connectivity index (χ3n) is 7.00. The molecule has 2 heterocycles. The van der Waals surface area contributed by atoms with Crippen LogP contribution in [-0.2, 0) is 11.8 Å². The second-order valence-corrected chi connectivity index (χ2v) is 9.94. The average Bonchev–Trinajstić information content (AvgIpc) is 3.34. The van der Waals surface area contributed by atoms with Crippen molar-refractivity contribution in [3.63, 3.8) is 0 Å². The number of halogens is 1. The van der Waals surface area contributed by atoms with Crippen molar-refractivity contribution in [3.8, 4) is 0 Å². The molecular weight excluding hydrogens is 448 g/mol. The first-order chi connectivity index (χ1) is 16.1. The van der Waals surface area contributed by atoms with Gasteiger partial charge in [0.25, 0.3) is 0 Å². The molecule has 4 nitrogen and oxygen atoms in total. The van der Waals surface area contributed by atoms with Crippen LogP contribution >= 0.6 is 23.8 Å². The van der Waals surface area contributed by atoms with E-state index in [1.807, 2.05) is 18.3 Å². The van der Waals surface area contributed by atoms with Gasteiger partial charge in [-0.25, -0.2) is 4.98 Å². The number of para-hydroxylation sites is 1. The summed E-state index contributed by atoms with van der Waals surface area (Å²) < 4.78 is 0. The average molecular weight is 477 g/mol. The van der Waals surface area contributed by atoms with Gasteiger partial charge in [0.2, 0.25) is 0 Å². The van der Waals surface area contributed by atoms with Gasteiger partial charge in [0.05, 0.1) is 11.9 Å². The van der Waals surface area contributed by atoms with Crippen molar-refractivity contribution in [1.29, 1.82) is 0 Å². The minimum absolute atomic E-state index is 0.111. The molecule has 2 aliphatic rings. The summed E-state index contributed by atoms with van der Waals surface area (Å²) in [4.78, 5) is 7.03. The van der Waals surface area contributed by atoms with Crippen LogP contribution in [0.4, 0.5) is 17.2 Å². The summed E-state index contributed by atoms with van der Waals surface area (Å²) >= 11 is 11.7. The van der Waals surface area contributed by atoms with Crippen molar-refractivity contribution in [2.45, 2.75) is 43.9 Å². The van der Waals surface area contributed by atoms with Gasteiger partial charge in [0, 0.05) is 29.2 Å². The molecule has 1 aromatic heterocycles. The summed E-state index contributed by atoms with van der Waals surface area (Å²) in [7, 11) is 0. The highest BCUT2D eigenvalue weighted by molar-refractivity contribution is 7.80. The van der Waals surface area contributed by atoms with Gasteiger partial charge >= 0.3 is 0 Å². The minimum atomic E-state index is 0.111. The monoisotopic (exact) mass is 476 g/mol. The molecule has 0 spiro atoms. The number of thiocarbonyl (C=S) groups is 1. The zero-order valence-corrected chi connectivity index (χ0v) is 20.3. The molecule has 5 rings (SSSR count). The van der Waals surface area contributed by atoms with E-state index in [0.29, 0.717) is 5.11 Å². The number of anilines is 3. The molecule has 2 aromatic carbocycles. The van der Waals surface area contributed by atoms with E-state index in [0.717, 1.165) is 55.3 Å². The first kappa shape index (κ1) is 22.2. The molecule has 0 saturated heterocycles. The van der Waals surface area contributed by atoms with Crippen molar-refractivity contribution in [1.82, 2.24) is 10.3 Å². The van der Waals surface area contributed by atoms with Crippen LogP contribution < -0.4 is 15.5 Å². The molecule has 3 aromatic rings. The van der Waals surface area contributed by atoms with Gasteiger partial charge in [0.15, 0.2) is 5.11 Å². The molecule has 0 bridgehead atoms. The number of aromatic nitrogens is 1. The first-order valence-corrected chi connectivity index (χ1v) is 12.5. The third-order valence-corrected chi connectivity index (χ3v) is 7.50. The van der Waals surface area contributed by atoms with Gasteiger partial charge in [0.1, 0.15) is 5.82 Å². The molecule has 0 radical (unpaired) electrons. The highest BCUT2D eigenvalue weighted by Crippen LogP contribution is 2.41. The largest absolute Gasteiger partial charge is 0.362 e. The molecule has 170 valence electrons. The third kappa shape index (κ3) is 4.85. The molecule has 1 aliphatic heterocycles. The molecule has 33 heavy (non-hydrogen) atoms. The molecular formula is C27H29ClN4S. The number of rotatable bonds is 5. The second-order valence-electron chi connectivity index (χ2n) is 9.09. The highest BCUT2D eigenvalue weighted by Gasteiger charge is 2.35. The normalized spacial score (nSPS) is 16.8. The van der Waals surface area contributed by atoms with E-state index < -0.39 is 0 Å². The number of nitrogens with one attached hydrogen (secondary N) is 2. The van der Waals surface area contributed by atoms with Crippen LogP contribution in [-0.4, -0.2) is 23.2 Å². The Bertz CT molecular complexity index is 1110. The van der Waals surface area contributed by atoms with E-state index in [2.05, 4.69) is 64.1 Å². The lowest BCUT2D eigenvalue weighted by Gasteiger charge is -2.31. The molecule has 0 amide bonds. The zero-order chi connectivity index (χ0) is 22.7. The van der Waals surface area contributed by atoms with Crippen LogP contribution in [0, 0.1) is 0 Å². The number of benzene rings is 2. The van der Waals surface area contributed by atoms with E-state index in [1.165, 1.54) is 29.7 Å². The van der Waals surface area contributed by atoms with Crippen molar-refractivity contribution in [3.05, 3.63) is 83.0 Å². The van der Waals surface area contributed by atoms with Crippen LogP contribution in [0.15, 0.2) is 66.9 Å². The molecule has 1 fully saturated rings. The number of pyridine rings is 1. The zero-order valence-electron chi connectivity index (χ0n) is 18.7. The lowest BCUT2D eigenvalue weighted by molar-refractivity contribution is 0.435. The number of nitrogens with zero attached hydrogens (tertiary/aromatic N) is 2. The number of aryl methyl sites for hydroxylation is 1. The summed E-state index contributed by atoms with van der Waals surface area (Å²) in [6.07, 6.45) is 8.96. The van der Waals surface area contributed by atoms with Crippen molar-refractivity contribution < 1.29 is 0 Å². The molecule has 1 aliphatic carbocycles.